The zero-order valence-corrected chi connectivity index (χ0v) is 19.6. The van der Waals surface area contributed by atoms with Gasteiger partial charge in [-0.05, 0) is 58.4 Å². The van der Waals surface area contributed by atoms with Crippen LogP contribution in [0.5, 0.6) is 0 Å². The Morgan fingerprint density at radius 2 is 1.45 bits per heavy atom. The molecule has 5 aromatic rings. The minimum Gasteiger partial charge on any atom is -0.354 e. The lowest BCUT2D eigenvalue weighted by Crippen LogP contribution is -2.11. The fourth-order valence-electron chi connectivity index (χ4n) is 4.46. The molecule has 0 aliphatic rings. The van der Waals surface area contributed by atoms with E-state index >= 15 is 0 Å². The van der Waals surface area contributed by atoms with E-state index in [0.29, 0.717) is 0 Å². The van der Waals surface area contributed by atoms with E-state index in [9.17, 15) is 0 Å². The first-order valence-corrected chi connectivity index (χ1v) is 11.1. The molecule has 0 aliphatic heterocycles. The molecule has 0 saturated heterocycles. The van der Waals surface area contributed by atoms with Gasteiger partial charge in [-0.3, -0.25) is 0 Å². The van der Waals surface area contributed by atoms with Crippen LogP contribution < -0.4 is 0 Å². The highest BCUT2D eigenvalue weighted by molar-refractivity contribution is 6.12. The summed E-state index contributed by atoms with van der Waals surface area (Å²) in [6.07, 6.45) is 0. The number of hydrogen-bond acceptors (Lipinski definition) is 1. The standard InChI is InChI=1S/C28H31N3/c1-27(2,3)17-12-13-22-19(14-17)20-15-18(28(4,5)6)16-21(25(20)29-22)26-30-23-10-8-9-11-24(23)31(26)7/h8-16,29H,1-7H3. The van der Waals surface area contributed by atoms with Crippen LogP contribution in [-0.4, -0.2) is 14.5 Å². The van der Waals surface area contributed by atoms with Crippen molar-refractivity contribution < 1.29 is 0 Å². The van der Waals surface area contributed by atoms with Gasteiger partial charge in [0.15, 0.2) is 0 Å². The number of aromatic amines is 1. The van der Waals surface area contributed by atoms with Gasteiger partial charge in [0.2, 0.25) is 0 Å². The van der Waals surface area contributed by atoms with E-state index < -0.39 is 0 Å². The van der Waals surface area contributed by atoms with Gasteiger partial charge in [0.1, 0.15) is 5.82 Å². The second-order valence-electron chi connectivity index (χ2n) is 10.8. The zero-order valence-electron chi connectivity index (χ0n) is 19.6. The molecule has 3 heteroatoms. The molecule has 3 nitrogen and oxygen atoms in total. The third kappa shape index (κ3) is 3.15. The molecular formula is C28H31N3. The van der Waals surface area contributed by atoms with Crippen molar-refractivity contribution in [2.75, 3.05) is 0 Å². The first kappa shape index (κ1) is 19.9. The van der Waals surface area contributed by atoms with Gasteiger partial charge in [-0.15, -0.1) is 0 Å². The summed E-state index contributed by atoms with van der Waals surface area (Å²) in [6.45, 7) is 13.7. The molecule has 0 saturated carbocycles. The fraction of sp³-hybridized carbons (Fsp3) is 0.321. The highest BCUT2D eigenvalue weighted by Crippen LogP contribution is 2.39. The first-order valence-electron chi connectivity index (χ1n) is 11.1. The topological polar surface area (TPSA) is 33.6 Å². The number of aromatic nitrogens is 3. The fourth-order valence-corrected chi connectivity index (χ4v) is 4.46. The molecule has 5 rings (SSSR count). The predicted molar refractivity (Wildman–Crippen MR) is 133 cm³/mol. The summed E-state index contributed by atoms with van der Waals surface area (Å²) in [4.78, 5) is 8.75. The van der Waals surface area contributed by atoms with Crippen LogP contribution in [0.25, 0.3) is 44.2 Å². The summed E-state index contributed by atoms with van der Waals surface area (Å²) in [5.41, 5.74) is 8.50. The lowest BCUT2D eigenvalue weighted by atomic mass is 9.84. The number of nitrogens with one attached hydrogen (secondary N) is 1. The van der Waals surface area contributed by atoms with Crippen LogP contribution in [0.1, 0.15) is 52.7 Å². The SMILES string of the molecule is Cn1c(-c2cc(C(C)(C)C)cc3c2[nH]c2ccc(C(C)(C)C)cc23)nc2ccccc21. The monoisotopic (exact) mass is 409 g/mol. The summed E-state index contributed by atoms with van der Waals surface area (Å²) in [7, 11) is 2.11. The number of fused-ring (bicyclic) bond motifs is 4. The molecular weight excluding hydrogens is 378 g/mol. The van der Waals surface area contributed by atoms with E-state index in [4.69, 9.17) is 4.98 Å². The highest BCUT2D eigenvalue weighted by atomic mass is 15.1. The van der Waals surface area contributed by atoms with E-state index in [1.54, 1.807) is 0 Å². The lowest BCUT2D eigenvalue weighted by Gasteiger charge is -2.21. The van der Waals surface area contributed by atoms with E-state index in [1.165, 1.54) is 27.4 Å². The second-order valence-corrected chi connectivity index (χ2v) is 10.8. The molecule has 31 heavy (non-hydrogen) atoms. The number of imidazole rings is 1. The summed E-state index contributed by atoms with van der Waals surface area (Å²) < 4.78 is 2.21. The summed E-state index contributed by atoms with van der Waals surface area (Å²) in [5.74, 6) is 1.000. The van der Waals surface area contributed by atoms with Gasteiger partial charge in [0, 0.05) is 28.9 Å². The van der Waals surface area contributed by atoms with Gasteiger partial charge in [-0.25, -0.2) is 4.98 Å². The van der Waals surface area contributed by atoms with Crippen molar-refractivity contribution in [3.05, 3.63) is 65.7 Å². The number of H-pyrrole nitrogens is 1. The van der Waals surface area contributed by atoms with E-state index in [2.05, 4.69) is 113 Å². The Morgan fingerprint density at radius 1 is 0.774 bits per heavy atom. The molecule has 158 valence electrons. The molecule has 0 unspecified atom stereocenters. The normalized spacial score (nSPS) is 13.0. The van der Waals surface area contributed by atoms with Crippen LogP contribution in [-0.2, 0) is 17.9 Å². The van der Waals surface area contributed by atoms with Crippen molar-refractivity contribution in [3.63, 3.8) is 0 Å². The second kappa shape index (κ2) is 6.46. The van der Waals surface area contributed by atoms with Crippen LogP contribution in [0.15, 0.2) is 54.6 Å². The molecule has 2 heterocycles. The van der Waals surface area contributed by atoms with Crippen molar-refractivity contribution in [2.24, 2.45) is 7.05 Å². The number of benzene rings is 3. The summed E-state index contributed by atoms with van der Waals surface area (Å²) >= 11 is 0. The molecule has 1 N–H and O–H groups in total. The number of para-hydroxylation sites is 2. The Bertz CT molecular complexity index is 1450. The molecule has 0 radical (unpaired) electrons. The van der Waals surface area contributed by atoms with E-state index in [-0.39, 0.29) is 10.8 Å². The Labute approximate surface area is 184 Å². The summed E-state index contributed by atoms with van der Waals surface area (Å²) in [6, 6.07) is 19.9. The Kier molecular flexibility index (Phi) is 4.14. The molecule has 3 aromatic carbocycles. The van der Waals surface area contributed by atoms with Crippen molar-refractivity contribution in [3.8, 4) is 11.4 Å². The van der Waals surface area contributed by atoms with Gasteiger partial charge in [-0.1, -0.05) is 59.7 Å². The minimum absolute atomic E-state index is 0.0404. The number of hydrogen-bond donors (Lipinski definition) is 1. The van der Waals surface area contributed by atoms with Crippen molar-refractivity contribution in [1.82, 2.24) is 14.5 Å². The molecule has 2 aromatic heterocycles. The Morgan fingerprint density at radius 3 is 2.13 bits per heavy atom. The van der Waals surface area contributed by atoms with Gasteiger partial charge >= 0.3 is 0 Å². The van der Waals surface area contributed by atoms with Gasteiger partial charge in [0.25, 0.3) is 0 Å². The van der Waals surface area contributed by atoms with Gasteiger partial charge < -0.3 is 9.55 Å². The van der Waals surface area contributed by atoms with Gasteiger partial charge in [-0.2, -0.15) is 0 Å². The van der Waals surface area contributed by atoms with Crippen LogP contribution in [0.2, 0.25) is 0 Å². The van der Waals surface area contributed by atoms with Crippen molar-refractivity contribution in [2.45, 2.75) is 52.4 Å². The molecule has 0 bridgehead atoms. The highest BCUT2D eigenvalue weighted by Gasteiger charge is 2.22. The maximum Gasteiger partial charge on any atom is 0.143 e. The lowest BCUT2D eigenvalue weighted by molar-refractivity contribution is 0.590. The average molecular weight is 410 g/mol. The van der Waals surface area contributed by atoms with E-state index in [0.717, 1.165) is 27.9 Å². The zero-order chi connectivity index (χ0) is 22.1. The Balaban J connectivity index is 1.90. The smallest absolute Gasteiger partial charge is 0.143 e. The van der Waals surface area contributed by atoms with Crippen LogP contribution in [0.4, 0.5) is 0 Å². The minimum atomic E-state index is 0.0404. The maximum absolute atomic E-state index is 5.03. The number of nitrogens with zero attached hydrogens (tertiary/aromatic N) is 2. The van der Waals surface area contributed by atoms with Crippen LogP contribution >= 0.6 is 0 Å². The first-order chi connectivity index (χ1) is 14.5. The molecule has 0 aliphatic carbocycles. The molecule has 0 amide bonds. The average Bonchev–Trinajstić information content (AvgIpc) is 3.23. The largest absolute Gasteiger partial charge is 0.354 e. The molecule has 0 fully saturated rings. The molecule has 0 atom stereocenters. The maximum atomic E-state index is 5.03. The van der Waals surface area contributed by atoms with Crippen LogP contribution in [0.3, 0.4) is 0 Å². The quantitative estimate of drug-likeness (QED) is 0.306. The third-order valence-electron chi connectivity index (χ3n) is 6.47. The third-order valence-corrected chi connectivity index (χ3v) is 6.47. The van der Waals surface area contributed by atoms with Gasteiger partial charge in [0.05, 0.1) is 16.6 Å². The Hall–Kier alpha value is -3.07. The number of rotatable bonds is 1. The van der Waals surface area contributed by atoms with Crippen LogP contribution in [0, 0.1) is 0 Å². The van der Waals surface area contributed by atoms with Crippen molar-refractivity contribution >= 4 is 32.8 Å². The number of aryl methyl sites for hydroxylation is 1. The van der Waals surface area contributed by atoms with E-state index in [1.807, 2.05) is 0 Å². The predicted octanol–water partition coefficient (Wildman–Crippen LogP) is 7.47. The molecule has 0 spiro atoms. The van der Waals surface area contributed by atoms with Crippen molar-refractivity contribution in [1.29, 1.82) is 0 Å². The summed E-state index contributed by atoms with van der Waals surface area (Å²) in [5, 5.41) is 2.56.